The topological polar surface area (TPSA) is 89.0 Å². The van der Waals surface area contributed by atoms with Gasteiger partial charge in [0.1, 0.15) is 9.84 Å². The number of rotatable bonds is 7. The van der Waals surface area contributed by atoms with Gasteiger partial charge in [0.25, 0.3) is 0 Å². The molecule has 22 heavy (non-hydrogen) atoms. The van der Waals surface area contributed by atoms with Crippen LogP contribution in [0.25, 0.3) is 0 Å². The average Bonchev–Trinajstić information content (AvgIpc) is 2.46. The van der Waals surface area contributed by atoms with Crippen LogP contribution in [0.5, 0.6) is 11.5 Å². The van der Waals surface area contributed by atoms with Crippen LogP contribution in [-0.2, 0) is 9.84 Å². The maximum atomic E-state index is 11.1. The molecule has 0 heterocycles. The van der Waals surface area contributed by atoms with Crippen molar-refractivity contribution in [1.29, 1.82) is 0 Å². The molecule has 0 fully saturated rings. The van der Waals surface area contributed by atoms with Gasteiger partial charge in [-0.15, -0.1) is 0 Å². The Kier molecular flexibility index (Phi) is 6.97. The summed E-state index contributed by atoms with van der Waals surface area (Å²) in [5.41, 5.74) is 0.761. The number of methoxy groups -OCH3 is 2. The van der Waals surface area contributed by atoms with E-state index in [4.69, 9.17) is 9.47 Å². The van der Waals surface area contributed by atoms with Gasteiger partial charge in [-0.25, -0.2) is 8.42 Å². The molecule has 7 nitrogen and oxygen atoms in total. The summed E-state index contributed by atoms with van der Waals surface area (Å²) in [5.74, 6) is 1.75. The molecule has 1 aromatic carbocycles. The third-order valence-electron chi connectivity index (χ3n) is 2.72. The van der Waals surface area contributed by atoms with E-state index in [1.807, 2.05) is 13.0 Å². The average molecular weight is 329 g/mol. The van der Waals surface area contributed by atoms with Crippen molar-refractivity contribution in [3.8, 4) is 11.5 Å². The van der Waals surface area contributed by atoms with E-state index in [0.29, 0.717) is 24.0 Å². The summed E-state index contributed by atoms with van der Waals surface area (Å²) in [7, 11) is 0.107. The molecule has 0 atom stereocenters. The molecule has 2 N–H and O–H groups in total. The van der Waals surface area contributed by atoms with Crippen LogP contribution >= 0.6 is 0 Å². The Hall–Kier alpha value is -1.96. The van der Waals surface area contributed by atoms with Crippen molar-refractivity contribution < 1.29 is 17.9 Å². The Morgan fingerprint density at radius 3 is 2.45 bits per heavy atom. The van der Waals surface area contributed by atoms with Crippen LogP contribution < -0.4 is 20.1 Å². The molecule has 0 aliphatic heterocycles. The van der Waals surface area contributed by atoms with Crippen LogP contribution in [0.1, 0.15) is 6.92 Å². The van der Waals surface area contributed by atoms with Crippen molar-refractivity contribution in [3.63, 3.8) is 0 Å². The number of nitrogens with one attached hydrogen (secondary N) is 2. The molecule has 0 radical (unpaired) electrons. The second kappa shape index (κ2) is 8.47. The van der Waals surface area contributed by atoms with Gasteiger partial charge in [-0.2, -0.15) is 0 Å². The highest BCUT2D eigenvalue weighted by molar-refractivity contribution is 7.90. The number of sulfone groups is 1. The molecule has 0 saturated carbocycles. The van der Waals surface area contributed by atoms with E-state index in [0.717, 1.165) is 5.69 Å². The minimum atomic E-state index is -3.03. The van der Waals surface area contributed by atoms with Crippen LogP contribution in [-0.4, -0.2) is 53.7 Å². The second-order valence-electron chi connectivity index (χ2n) is 4.59. The lowest BCUT2D eigenvalue weighted by molar-refractivity contribution is 0.355. The Bertz CT molecular complexity index is 615. The first-order chi connectivity index (χ1) is 10.4. The third-order valence-corrected chi connectivity index (χ3v) is 3.65. The highest BCUT2D eigenvalue weighted by Gasteiger charge is 2.07. The molecule has 8 heteroatoms. The fourth-order valence-electron chi connectivity index (χ4n) is 1.68. The summed E-state index contributed by atoms with van der Waals surface area (Å²) in [6.45, 7) is 2.79. The minimum absolute atomic E-state index is 0.00943. The van der Waals surface area contributed by atoms with Crippen LogP contribution in [0, 0.1) is 0 Å². The summed E-state index contributed by atoms with van der Waals surface area (Å²) < 4.78 is 32.7. The highest BCUT2D eigenvalue weighted by Crippen LogP contribution is 2.29. The standard InChI is InChI=1S/C14H23N3O4S/c1-5-15-14(16-8-9-22(4,18)19)17-11-6-7-12(20-2)13(10-11)21-3/h6-7,10H,5,8-9H2,1-4H3,(H2,15,16,17). The van der Waals surface area contributed by atoms with Gasteiger partial charge < -0.3 is 20.1 Å². The zero-order valence-electron chi connectivity index (χ0n) is 13.3. The van der Waals surface area contributed by atoms with Crippen molar-refractivity contribution >= 4 is 21.5 Å². The second-order valence-corrected chi connectivity index (χ2v) is 6.85. The number of aliphatic imine (C=N–C) groups is 1. The number of guanidine groups is 1. The summed E-state index contributed by atoms with van der Waals surface area (Å²) >= 11 is 0. The first kappa shape index (κ1) is 18.1. The molecule has 1 rings (SSSR count). The Morgan fingerprint density at radius 2 is 1.91 bits per heavy atom. The monoisotopic (exact) mass is 329 g/mol. The normalized spacial score (nSPS) is 11.9. The van der Waals surface area contributed by atoms with Gasteiger partial charge in [0.2, 0.25) is 0 Å². The highest BCUT2D eigenvalue weighted by atomic mass is 32.2. The molecule has 0 bridgehead atoms. The lowest BCUT2D eigenvalue weighted by Gasteiger charge is -2.13. The predicted octanol–water partition coefficient (Wildman–Crippen LogP) is 1.13. The van der Waals surface area contributed by atoms with Crippen molar-refractivity contribution in [2.45, 2.75) is 6.92 Å². The van der Waals surface area contributed by atoms with E-state index in [1.54, 1.807) is 26.4 Å². The maximum Gasteiger partial charge on any atom is 0.195 e. The summed E-state index contributed by atoms with van der Waals surface area (Å²) in [6, 6.07) is 5.38. The Labute approximate surface area is 131 Å². The fourth-order valence-corrected chi connectivity index (χ4v) is 2.10. The van der Waals surface area contributed by atoms with Crippen LogP contribution in [0.15, 0.2) is 23.2 Å². The van der Waals surface area contributed by atoms with Gasteiger partial charge in [0, 0.05) is 24.6 Å². The van der Waals surface area contributed by atoms with Crippen LogP contribution in [0.3, 0.4) is 0 Å². The Balaban J connectivity index is 2.84. The van der Waals surface area contributed by atoms with Crippen molar-refractivity contribution in [1.82, 2.24) is 5.32 Å². The first-order valence-corrected chi connectivity index (χ1v) is 8.90. The Morgan fingerprint density at radius 1 is 1.23 bits per heavy atom. The summed E-state index contributed by atoms with van der Waals surface area (Å²) in [4.78, 5) is 4.24. The minimum Gasteiger partial charge on any atom is -0.493 e. The van der Waals surface area contributed by atoms with Gasteiger partial charge in [-0.3, -0.25) is 4.99 Å². The lowest BCUT2D eigenvalue weighted by atomic mass is 10.3. The van der Waals surface area contributed by atoms with Crippen molar-refractivity contribution in [2.75, 3.05) is 44.6 Å². The largest absolute Gasteiger partial charge is 0.493 e. The number of hydrogen-bond donors (Lipinski definition) is 2. The fraction of sp³-hybridized carbons (Fsp3) is 0.500. The molecule has 0 amide bonds. The van der Waals surface area contributed by atoms with Crippen LogP contribution in [0.4, 0.5) is 5.69 Å². The third kappa shape index (κ3) is 6.21. The molecular weight excluding hydrogens is 306 g/mol. The van der Waals surface area contributed by atoms with Crippen molar-refractivity contribution in [2.24, 2.45) is 4.99 Å². The van der Waals surface area contributed by atoms with E-state index in [9.17, 15) is 8.42 Å². The molecule has 0 aliphatic carbocycles. The number of benzene rings is 1. The molecule has 0 spiro atoms. The van der Waals surface area contributed by atoms with E-state index in [2.05, 4.69) is 15.6 Å². The zero-order valence-corrected chi connectivity index (χ0v) is 14.2. The van der Waals surface area contributed by atoms with Gasteiger partial charge in [0.15, 0.2) is 17.5 Å². The quantitative estimate of drug-likeness (QED) is 0.576. The molecule has 124 valence electrons. The maximum absolute atomic E-state index is 11.1. The lowest BCUT2D eigenvalue weighted by Crippen LogP contribution is -2.31. The SMILES string of the molecule is CCNC(=NCCS(C)(=O)=O)Nc1ccc(OC)c(OC)c1. The van der Waals surface area contributed by atoms with E-state index >= 15 is 0 Å². The summed E-state index contributed by atoms with van der Waals surface area (Å²) in [5, 5.41) is 6.16. The van der Waals surface area contributed by atoms with Crippen LogP contribution in [0.2, 0.25) is 0 Å². The smallest absolute Gasteiger partial charge is 0.195 e. The first-order valence-electron chi connectivity index (χ1n) is 6.84. The van der Waals surface area contributed by atoms with Gasteiger partial charge >= 0.3 is 0 Å². The predicted molar refractivity (Wildman–Crippen MR) is 88.9 cm³/mol. The molecule has 0 aromatic heterocycles. The van der Waals surface area contributed by atoms with Gasteiger partial charge in [-0.1, -0.05) is 0 Å². The molecule has 1 aromatic rings. The number of nitrogens with zero attached hydrogens (tertiary/aromatic N) is 1. The van der Waals surface area contributed by atoms with Gasteiger partial charge in [-0.05, 0) is 19.1 Å². The molecule has 0 aliphatic rings. The van der Waals surface area contributed by atoms with E-state index in [-0.39, 0.29) is 12.3 Å². The molecule has 0 saturated heterocycles. The number of ether oxygens (including phenoxy) is 2. The molecule has 0 unspecified atom stereocenters. The van der Waals surface area contributed by atoms with E-state index < -0.39 is 9.84 Å². The van der Waals surface area contributed by atoms with E-state index in [1.165, 1.54) is 6.26 Å². The number of hydrogen-bond acceptors (Lipinski definition) is 5. The summed E-state index contributed by atoms with van der Waals surface area (Å²) in [6.07, 6.45) is 1.19. The zero-order chi connectivity index (χ0) is 16.6. The van der Waals surface area contributed by atoms with Gasteiger partial charge in [0.05, 0.1) is 26.5 Å². The van der Waals surface area contributed by atoms with Crippen molar-refractivity contribution in [3.05, 3.63) is 18.2 Å². The number of anilines is 1. The molecular formula is C14H23N3O4S.